The topological polar surface area (TPSA) is 95.9 Å². The van der Waals surface area contributed by atoms with Gasteiger partial charge in [0.25, 0.3) is 0 Å². The van der Waals surface area contributed by atoms with E-state index in [9.17, 15) is 14.4 Å². The van der Waals surface area contributed by atoms with Gasteiger partial charge in [-0.05, 0) is 19.8 Å². The van der Waals surface area contributed by atoms with Crippen molar-refractivity contribution in [3.63, 3.8) is 0 Å². The zero-order chi connectivity index (χ0) is 13.5. The molecule has 0 aromatic carbocycles. The van der Waals surface area contributed by atoms with Crippen LogP contribution in [0.5, 0.6) is 0 Å². The van der Waals surface area contributed by atoms with Crippen LogP contribution in [-0.2, 0) is 14.3 Å². The van der Waals surface area contributed by atoms with E-state index in [0.717, 1.165) is 0 Å². The van der Waals surface area contributed by atoms with E-state index in [4.69, 9.17) is 9.84 Å². The summed E-state index contributed by atoms with van der Waals surface area (Å²) in [5.74, 6) is -1.37. The Morgan fingerprint density at radius 1 is 1.44 bits per heavy atom. The van der Waals surface area contributed by atoms with Crippen LogP contribution in [0, 0.1) is 0 Å². The van der Waals surface area contributed by atoms with Crippen LogP contribution in [0.3, 0.4) is 0 Å². The number of rotatable bonds is 5. The molecule has 1 aliphatic heterocycles. The van der Waals surface area contributed by atoms with E-state index in [1.807, 2.05) is 0 Å². The maximum Gasteiger partial charge on any atom is 0.326 e. The summed E-state index contributed by atoms with van der Waals surface area (Å²) in [5.41, 5.74) is 0. The fourth-order valence-corrected chi connectivity index (χ4v) is 1.87. The number of esters is 1. The number of carboxylic acids is 1. The fraction of sp³-hybridized carbons (Fsp3) is 0.727. The number of carbonyl (C=O) groups is 3. The average molecular weight is 258 g/mol. The van der Waals surface area contributed by atoms with Crippen molar-refractivity contribution in [1.29, 1.82) is 0 Å². The average Bonchev–Trinajstić information content (AvgIpc) is 2.78. The number of nitrogens with zero attached hydrogens (tertiary/aromatic N) is 1. The lowest BCUT2D eigenvalue weighted by atomic mass is 10.2. The first-order valence-corrected chi connectivity index (χ1v) is 5.99. The molecule has 18 heavy (non-hydrogen) atoms. The Labute approximate surface area is 105 Å². The highest BCUT2D eigenvalue weighted by Gasteiger charge is 2.33. The van der Waals surface area contributed by atoms with Crippen LogP contribution in [0.15, 0.2) is 0 Å². The first-order chi connectivity index (χ1) is 8.56. The molecule has 102 valence electrons. The Balaban J connectivity index is 2.32. The largest absolute Gasteiger partial charge is 0.480 e. The van der Waals surface area contributed by atoms with Gasteiger partial charge in [0.1, 0.15) is 6.04 Å². The smallest absolute Gasteiger partial charge is 0.326 e. The maximum atomic E-state index is 11.7. The number of hydrogen-bond donors (Lipinski definition) is 2. The molecule has 1 saturated heterocycles. The normalized spacial score (nSPS) is 18.5. The van der Waals surface area contributed by atoms with Crippen LogP contribution < -0.4 is 5.32 Å². The summed E-state index contributed by atoms with van der Waals surface area (Å²) in [4.78, 5) is 34.9. The maximum absolute atomic E-state index is 11.7. The summed E-state index contributed by atoms with van der Waals surface area (Å²) in [6, 6.07) is -1.20. The lowest BCUT2D eigenvalue weighted by Crippen LogP contribution is -2.46. The quantitative estimate of drug-likeness (QED) is 0.687. The Morgan fingerprint density at radius 2 is 2.17 bits per heavy atom. The van der Waals surface area contributed by atoms with Gasteiger partial charge in [0, 0.05) is 13.1 Å². The van der Waals surface area contributed by atoms with Crippen molar-refractivity contribution >= 4 is 18.0 Å². The number of carbonyl (C=O) groups excluding carboxylic acids is 2. The highest BCUT2D eigenvalue weighted by Crippen LogP contribution is 2.17. The fourth-order valence-electron chi connectivity index (χ4n) is 1.87. The number of hydrogen-bond acceptors (Lipinski definition) is 4. The Morgan fingerprint density at radius 3 is 2.78 bits per heavy atom. The van der Waals surface area contributed by atoms with Crippen molar-refractivity contribution < 1.29 is 24.2 Å². The molecular weight excluding hydrogens is 240 g/mol. The summed E-state index contributed by atoms with van der Waals surface area (Å²) in [6.45, 7) is 2.60. The number of carboxylic acid groups (broad SMARTS) is 1. The summed E-state index contributed by atoms with van der Waals surface area (Å²) in [7, 11) is 0. The van der Waals surface area contributed by atoms with Gasteiger partial charge in [-0.15, -0.1) is 0 Å². The monoisotopic (exact) mass is 258 g/mol. The number of ether oxygens (including phenoxy) is 1. The van der Waals surface area contributed by atoms with E-state index >= 15 is 0 Å². The third-order valence-electron chi connectivity index (χ3n) is 2.71. The van der Waals surface area contributed by atoms with Gasteiger partial charge in [-0.3, -0.25) is 4.79 Å². The SMILES string of the molecule is CCOC(=O)CCNC(=O)N1CCC[C@@H]1C(=O)O. The van der Waals surface area contributed by atoms with Crippen LogP contribution in [0.1, 0.15) is 26.2 Å². The van der Waals surface area contributed by atoms with E-state index in [1.54, 1.807) is 6.92 Å². The molecule has 0 aromatic heterocycles. The molecule has 1 heterocycles. The predicted octanol–water partition coefficient (Wildman–Crippen LogP) is 0.198. The van der Waals surface area contributed by atoms with E-state index < -0.39 is 18.0 Å². The lowest BCUT2D eigenvalue weighted by Gasteiger charge is -2.21. The van der Waals surface area contributed by atoms with E-state index in [1.165, 1.54) is 4.90 Å². The number of nitrogens with one attached hydrogen (secondary N) is 1. The lowest BCUT2D eigenvalue weighted by molar-refractivity contribution is -0.143. The van der Waals surface area contributed by atoms with Gasteiger partial charge >= 0.3 is 18.0 Å². The number of amides is 2. The summed E-state index contributed by atoms with van der Waals surface area (Å²) < 4.78 is 4.71. The Hall–Kier alpha value is -1.79. The number of aliphatic carboxylic acids is 1. The first-order valence-electron chi connectivity index (χ1n) is 5.99. The molecule has 1 rings (SSSR count). The molecule has 0 spiro atoms. The molecule has 1 atom stereocenters. The van der Waals surface area contributed by atoms with E-state index in [-0.39, 0.29) is 18.9 Å². The van der Waals surface area contributed by atoms with Gasteiger partial charge in [0.2, 0.25) is 0 Å². The molecule has 7 heteroatoms. The van der Waals surface area contributed by atoms with Crippen molar-refractivity contribution in [2.75, 3.05) is 19.7 Å². The minimum absolute atomic E-state index is 0.0885. The highest BCUT2D eigenvalue weighted by atomic mass is 16.5. The zero-order valence-corrected chi connectivity index (χ0v) is 10.3. The molecule has 2 amide bonds. The van der Waals surface area contributed by atoms with Gasteiger partial charge in [-0.1, -0.05) is 0 Å². The van der Waals surface area contributed by atoms with Crippen molar-refractivity contribution in [2.45, 2.75) is 32.2 Å². The first kappa shape index (κ1) is 14.3. The molecule has 1 fully saturated rings. The number of urea groups is 1. The van der Waals surface area contributed by atoms with Crippen LogP contribution in [0.2, 0.25) is 0 Å². The Kier molecular flexibility index (Phi) is 5.41. The van der Waals surface area contributed by atoms with Crippen molar-refractivity contribution in [3.8, 4) is 0 Å². The van der Waals surface area contributed by atoms with Gasteiger partial charge < -0.3 is 20.1 Å². The summed E-state index contributed by atoms with van der Waals surface area (Å²) in [5, 5.41) is 11.4. The van der Waals surface area contributed by atoms with Crippen molar-refractivity contribution in [1.82, 2.24) is 10.2 Å². The van der Waals surface area contributed by atoms with Gasteiger partial charge in [-0.25, -0.2) is 9.59 Å². The molecule has 0 radical (unpaired) electrons. The molecular formula is C11H18N2O5. The molecule has 0 saturated carbocycles. The molecule has 0 bridgehead atoms. The highest BCUT2D eigenvalue weighted by molar-refractivity contribution is 5.83. The summed E-state index contributed by atoms with van der Waals surface area (Å²) >= 11 is 0. The standard InChI is InChI=1S/C11H18N2O5/c1-2-18-9(14)5-6-12-11(17)13-7-3-4-8(13)10(15)16/h8H,2-7H2,1H3,(H,12,17)(H,15,16)/t8-/m1/s1. The molecule has 0 aromatic rings. The molecule has 2 N–H and O–H groups in total. The third-order valence-corrected chi connectivity index (χ3v) is 2.71. The second kappa shape index (κ2) is 6.83. The minimum Gasteiger partial charge on any atom is -0.480 e. The van der Waals surface area contributed by atoms with Gasteiger partial charge in [-0.2, -0.15) is 0 Å². The second-order valence-corrected chi connectivity index (χ2v) is 3.98. The molecule has 0 unspecified atom stereocenters. The van der Waals surface area contributed by atoms with Crippen LogP contribution >= 0.6 is 0 Å². The van der Waals surface area contributed by atoms with E-state index in [2.05, 4.69) is 5.32 Å². The van der Waals surface area contributed by atoms with Crippen LogP contribution in [0.4, 0.5) is 4.79 Å². The molecule has 1 aliphatic rings. The predicted molar refractivity (Wildman–Crippen MR) is 62.0 cm³/mol. The second-order valence-electron chi connectivity index (χ2n) is 3.98. The molecule has 7 nitrogen and oxygen atoms in total. The minimum atomic E-state index is -0.993. The van der Waals surface area contributed by atoms with Gasteiger partial charge in [0.05, 0.1) is 13.0 Å². The van der Waals surface area contributed by atoms with E-state index in [0.29, 0.717) is 26.0 Å². The summed E-state index contributed by atoms with van der Waals surface area (Å²) in [6.07, 6.45) is 1.24. The Bertz CT molecular complexity index is 331. The van der Waals surface area contributed by atoms with Gasteiger partial charge in [0.15, 0.2) is 0 Å². The van der Waals surface area contributed by atoms with Crippen LogP contribution in [0.25, 0.3) is 0 Å². The molecule has 0 aliphatic carbocycles. The van der Waals surface area contributed by atoms with Crippen molar-refractivity contribution in [2.24, 2.45) is 0 Å². The van der Waals surface area contributed by atoms with Crippen molar-refractivity contribution in [3.05, 3.63) is 0 Å². The third kappa shape index (κ3) is 3.90. The number of likely N-dealkylation sites (tertiary alicyclic amines) is 1. The zero-order valence-electron chi connectivity index (χ0n) is 10.3. The van der Waals surface area contributed by atoms with Crippen LogP contribution in [-0.4, -0.2) is 53.7 Å².